The van der Waals surface area contributed by atoms with Crippen LogP contribution in [0.5, 0.6) is 0 Å². The number of pyridine rings is 2. The Kier molecular flexibility index (Phi) is 19.2. The monoisotopic (exact) mass is 1240 g/mol. The number of rotatable bonds is 4. The fraction of sp³-hybridized carbons (Fsp3) is 0.222. The summed E-state index contributed by atoms with van der Waals surface area (Å²) in [6.07, 6.45) is 0. The summed E-state index contributed by atoms with van der Waals surface area (Å²) < 4.78 is 7.12. The largest absolute Gasteiger partial charge is 0.309 e. The Labute approximate surface area is 564 Å². The van der Waals surface area contributed by atoms with Crippen molar-refractivity contribution in [1.29, 1.82) is 0 Å². The van der Waals surface area contributed by atoms with Gasteiger partial charge in [0.1, 0.15) is 5.82 Å². The SMILES string of the molecule is CC(C)(C)c1cc(-n2c3ccccc3c3ccccc32)cc(-n2c3ccccc3c3ccccc32)c1.CC(C)(C)c1cccc(-c2ccccc2)n1.CC(C)(C)c1cccc(-n2c3ccccc3c3ccccc32)n1.CC(C)(C)c1ccccc1.CC(C)(C)c1ccccc1. The summed E-state index contributed by atoms with van der Waals surface area (Å²) in [6, 6.07) is 103. The molecule has 0 radical (unpaired) electrons. The van der Waals surface area contributed by atoms with Gasteiger partial charge < -0.3 is 9.13 Å². The first-order chi connectivity index (χ1) is 45.3. The van der Waals surface area contributed by atoms with Gasteiger partial charge in [-0.3, -0.25) is 9.55 Å². The molecule has 0 fully saturated rings. The molecule has 0 aliphatic rings. The molecule has 5 heterocycles. The minimum atomic E-state index is 0.00226. The highest BCUT2D eigenvalue weighted by molar-refractivity contribution is 6.11. The van der Waals surface area contributed by atoms with Crippen LogP contribution in [-0.4, -0.2) is 23.7 Å². The van der Waals surface area contributed by atoms with Crippen molar-refractivity contribution >= 4 is 65.4 Å². The lowest BCUT2D eigenvalue weighted by Crippen LogP contribution is -2.14. The van der Waals surface area contributed by atoms with Crippen LogP contribution in [0.3, 0.4) is 0 Å². The number of hydrogen-bond donors (Lipinski definition) is 0. The van der Waals surface area contributed by atoms with E-state index in [2.05, 4.69) is 391 Å². The van der Waals surface area contributed by atoms with Crippen molar-refractivity contribution in [3.63, 3.8) is 0 Å². The Morgan fingerprint density at radius 3 is 0.821 bits per heavy atom. The third kappa shape index (κ3) is 15.0. The molecule has 5 nitrogen and oxygen atoms in total. The molecule has 0 spiro atoms. The Hall–Kier alpha value is -10.1. The topological polar surface area (TPSA) is 40.6 Å². The minimum absolute atomic E-state index is 0.00226. The van der Waals surface area contributed by atoms with Crippen LogP contribution < -0.4 is 0 Å². The molecule has 5 heteroatoms. The van der Waals surface area contributed by atoms with Crippen molar-refractivity contribution in [1.82, 2.24) is 23.7 Å². The first-order valence-corrected chi connectivity index (χ1v) is 33.6. The van der Waals surface area contributed by atoms with E-state index in [-0.39, 0.29) is 16.2 Å². The molecule has 5 aromatic heterocycles. The number of aromatic nitrogens is 5. The maximum absolute atomic E-state index is 4.95. The van der Waals surface area contributed by atoms with Crippen LogP contribution in [-0.2, 0) is 27.1 Å². The summed E-state index contributed by atoms with van der Waals surface area (Å²) in [6.45, 7) is 33.4. The first-order valence-electron chi connectivity index (χ1n) is 33.6. The van der Waals surface area contributed by atoms with E-state index in [0.717, 1.165) is 22.9 Å². The van der Waals surface area contributed by atoms with E-state index in [1.807, 2.05) is 18.2 Å². The average Bonchev–Trinajstić information content (AvgIpc) is 1.60. The molecule has 0 bridgehead atoms. The molecule has 0 saturated heterocycles. The van der Waals surface area contributed by atoms with Gasteiger partial charge in [-0.15, -0.1) is 0 Å². The number of benzene rings is 10. The molecule has 15 rings (SSSR count). The van der Waals surface area contributed by atoms with Gasteiger partial charge in [-0.1, -0.05) is 316 Å². The van der Waals surface area contributed by atoms with Crippen molar-refractivity contribution in [2.24, 2.45) is 0 Å². The molecule has 0 unspecified atom stereocenters. The van der Waals surface area contributed by atoms with Gasteiger partial charge in [-0.05, 0) is 112 Å². The maximum Gasteiger partial charge on any atom is 0.137 e. The molecule has 478 valence electrons. The number of hydrogen-bond acceptors (Lipinski definition) is 2. The van der Waals surface area contributed by atoms with E-state index in [4.69, 9.17) is 9.97 Å². The van der Waals surface area contributed by atoms with E-state index in [1.165, 1.54) is 99.0 Å². The van der Waals surface area contributed by atoms with E-state index >= 15 is 0 Å². The quantitative estimate of drug-likeness (QED) is 0.176. The van der Waals surface area contributed by atoms with Crippen molar-refractivity contribution in [3.05, 3.63) is 319 Å². The van der Waals surface area contributed by atoms with Gasteiger partial charge in [0, 0.05) is 71.5 Å². The molecule has 95 heavy (non-hydrogen) atoms. The van der Waals surface area contributed by atoms with Crippen LogP contribution in [0, 0.1) is 0 Å². The predicted molar refractivity (Wildman–Crippen MR) is 410 cm³/mol. The normalized spacial score (nSPS) is 11.9. The standard InChI is InChI=1S/C34H28N2.C21H20N2.C15H17N.2C10H14/c1-34(2,3)23-20-24(35-30-16-8-4-12-26(30)27-13-5-9-17-31(27)35)22-25(21-23)36-32-18-10-6-14-28(32)29-15-7-11-19-33(29)36;1-21(2,3)19-13-8-14-20(22-19)23-17-11-6-4-9-15(17)16-10-5-7-12-18(16)23;1-15(2,3)14-11-7-10-13(16-14)12-8-5-4-6-9-12;2*1-10(2,3)9-7-5-4-6-8-9/h4-22H,1-3H3;4-14H,1-3H3;4-11H,1-3H3;2*4-8H,1-3H3. The zero-order chi connectivity index (χ0) is 67.3. The van der Waals surface area contributed by atoms with Crippen molar-refractivity contribution in [2.75, 3.05) is 0 Å². The van der Waals surface area contributed by atoms with Crippen LogP contribution in [0.2, 0.25) is 0 Å². The van der Waals surface area contributed by atoms with Crippen molar-refractivity contribution < 1.29 is 0 Å². The fourth-order valence-electron chi connectivity index (χ4n) is 12.3. The van der Waals surface area contributed by atoms with Crippen molar-refractivity contribution in [2.45, 2.75) is 131 Å². The van der Waals surface area contributed by atoms with Gasteiger partial charge in [0.15, 0.2) is 0 Å². The molecule has 0 amide bonds. The zero-order valence-electron chi connectivity index (χ0n) is 58.4. The van der Waals surface area contributed by atoms with Gasteiger partial charge >= 0.3 is 0 Å². The molecule has 10 aromatic carbocycles. The third-order valence-electron chi connectivity index (χ3n) is 17.6. The number of nitrogens with zero attached hydrogens (tertiary/aromatic N) is 5. The van der Waals surface area contributed by atoms with Gasteiger partial charge in [0.25, 0.3) is 0 Å². The summed E-state index contributed by atoms with van der Waals surface area (Å²) in [5.41, 5.74) is 19.0. The van der Waals surface area contributed by atoms with E-state index in [9.17, 15) is 0 Å². The molecule has 0 atom stereocenters. The van der Waals surface area contributed by atoms with Crippen LogP contribution >= 0.6 is 0 Å². The van der Waals surface area contributed by atoms with E-state index in [0.29, 0.717) is 10.8 Å². The summed E-state index contributed by atoms with van der Waals surface area (Å²) in [7, 11) is 0. The highest BCUT2D eigenvalue weighted by Gasteiger charge is 2.23. The maximum atomic E-state index is 4.95. The minimum Gasteiger partial charge on any atom is -0.309 e. The van der Waals surface area contributed by atoms with Gasteiger partial charge in [-0.25, -0.2) is 4.98 Å². The second-order valence-corrected chi connectivity index (χ2v) is 30.0. The predicted octanol–water partition coefficient (Wildman–Crippen LogP) is 24.7. The molecular weight excluding hydrogens is 1150 g/mol. The first kappa shape index (κ1) is 66.4. The van der Waals surface area contributed by atoms with Crippen LogP contribution in [0.25, 0.3) is 93.9 Å². The highest BCUT2D eigenvalue weighted by Crippen LogP contribution is 2.39. The van der Waals surface area contributed by atoms with E-state index in [1.54, 1.807) is 0 Å². The average molecular weight is 1240 g/mol. The Bertz CT molecular complexity index is 4720. The van der Waals surface area contributed by atoms with Crippen molar-refractivity contribution in [3.8, 4) is 28.5 Å². The fourth-order valence-corrected chi connectivity index (χ4v) is 12.3. The molecule has 0 aliphatic heterocycles. The van der Waals surface area contributed by atoms with Crippen LogP contribution in [0.1, 0.15) is 132 Å². The lowest BCUT2D eigenvalue weighted by atomic mass is 9.86. The number of fused-ring (bicyclic) bond motifs is 9. The molecule has 0 saturated carbocycles. The molecular formula is C90H93N5. The van der Waals surface area contributed by atoms with E-state index < -0.39 is 0 Å². The number of para-hydroxylation sites is 6. The van der Waals surface area contributed by atoms with Gasteiger partial charge in [-0.2, -0.15) is 0 Å². The summed E-state index contributed by atoms with van der Waals surface area (Å²) in [4.78, 5) is 9.66. The summed E-state index contributed by atoms with van der Waals surface area (Å²) >= 11 is 0. The summed E-state index contributed by atoms with van der Waals surface area (Å²) in [5, 5.41) is 7.68. The zero-order valence-corrected chi connectivity index (χ0v) is 58.4. The van der Waals surface area contributed by atoms with Crippen LogP contribution in [0.4, 0.5) is 0 Å². The lowest BCUT2D eigenvalue weighted by molar-refractivity contribution is 0.568. The Balaban J connectivity index is 0.000000133. The molecule has 0 aliphatic carbocycles. The smallest absolute Gasteiger partial charge is 0.137 e. The van der Waals surface area contributed by atoms with Crippen LogP contribution in [0.15, 0.2) is 291 Å². The Morgan fingerprint density at radius 1 is 0.221 bits per heavy atom. The van der Waals surface area contributed by atoms with Gasteiger partial charge in [0.05, 0.1) is 38.8 Å². The third-order valence-corrected chi connectivity index (χ3v) is 17.6. The highest BCUT2D eigenvalue weighted by atomic mass is 15.1. The molecule has 0 N–H and O–H groups in total. The molecule has 15 aromatic rings. The second kappa shape index (κ2) is 27.5. The lowest BCUT2D eigenvalue weighted by Gasteiger charge is -2.23. The Morgan fingerprint density at radius 2 is 0.505 bits per heavy atom. The second-order valence-electron chi connectivity index (χ2n) is 30.0. The summed E-state index contributed by atoms with van der Waals surface area (Å²) in [5.74, 6) is 0.981. The van der Waals surface area contributed by atoms with Gasteiger partial charge in [0.2, 0.25) is 0 Å².